The number of hydrogen-bond acceptors (Lipinski definition) is 3. The van der Waals surface area contributed by atoms with E-state index < -0.39 is 0 Å². The molecule has 1 heterocycles. The highest BCUT2D eigenvalue weighted by molar-refractivity contribution is 5.52. The number of aromatic nitrogens is 2. The van der Waals surface area contributed by atoms with E-state index in [0.717, 1.165) is 30.8 Å². The van der Waals surface area contributed by atoms with Crippen LogP contribution in [-0.2, 0) is 6.54 Å². The van der Waals surface area contributed by atoms with Crippen molar-refractivity contribution >= 4 is 5.69 Å². The lowest BCUT2D eigenvalue weighted by Gasteiger charge is -2.15. The van der Waals surface area contributed by atoms with Crippen LogP contribution in [0.25, 0.3) is 0 Å². The highest BCUT2D eigenvalue weighted by atomic mass is 16.2. The largest absolute Gasteiger partial charge is 0.396 e. The van der Waals surface area contributed by atoms with Crippen LogP contribution in [0.2, 0.25) is 0 Å². The zero-order valence-electron chi connectivity index (χ0n) is 10.7. The number of aliphatic hydroxyl groups excluding tert-OH is 1. The highest BCUT2D eigenvalue weighted by Crippen LogP contribution is 2.20. The Morgan fingerprint density at radius 1 is 1.44 bits per heavy atom. The topological polar surface area (TPSA) is 50.1 Å². The van der Waals surface area contributed by atoms with Crippen molar-refractivity contribution < 1.29 is 5.11 Å². The molecule has 0 amide bonds. The van der Waals surface area contributed by atoms with Gasteiger partial charge in [-0.25, -0.2) is 0 Å². The Bertz CT molecular complexity index is 333. The summed E-state index contributed by atoms with van der Waals surface area (Å²) in [6.45, 7) is 9.51. The van der Waals surface area contributed by atoms with Gasteiger partial charge < -0.3 is 10.4 Å². The third kappa shape index (κ3) is 2.98. The average molecular weight is 225 g/mol. The van der Waals surface area contributed by atoms with Gasteiger partial charge >= 0.3 is 0 Å². The molecule has 4 nitrogen and oxygen atoms in total. The van der Waals surface area contributed by atoms with Gasteiger partial charge in [-0.1, -0.05) is 0 Å². The van der Waals surface area contributed by atoms with Crippen molar-refractivity contribution in [2.45, 2.75) is 53.1 Å². The van der Waals surface area contributed by atoms with Crippen LogP contribution in [0, 0.1) is 13.8 Å². The molecule has 0 radical (unpaired) electrons. The molecule has 0 saturated carbocycles. The lowest BCUT2D eigenvalue weighted by molar-refractivity contribution is 0.282. The van der Waals surface area contributed by atoms with Crippen LogP contribution >= 0.6 is 0 Å². The van der Waals surface area contributed by atoms with E-state index in [0.29, 0.717) is 6.04 Å². The summed E-state index contributed by atoms with van der Waals surface area (Å²) in [6, 6.07) is 0.374. The quantitative estimate of drug-likeness (QED) is 0.779. The van der Waals surface area contributed by atoms with E-state index in [1.54, 1.807) is 0 Å². The van der Waals surface area contributed by atoms with E-state index in [1.165, 1.54) is 5.69 Å². The first-order valence-corrected chi connectivity index (χ1v) is 6.01. The van der Waals surface area contributed by atoms with Gasteiger partial charge in [-0.05, 0) is 40.5 Å². The van der Waals surface area contributed by atoms with Crippen LogP contribution in [0.1, 0.15) is 38.1 Å². The third-order valence-electron chi connectivity index (χ3n) is 2.87. The molecule has 16 heavy (non-hydrogen) atoms. The van der Waals surface area contributed by atoms with Crippen LogP contribution in [-0.4, -0.2) is 27.5 Å². The average Bonchev–Trinajstić information content (AvgIpc) is 2.53. The van der Waals surface area contributed by atoms with Gasteiger partial charge in [-0.15, -0.1) is 0 Å². The number of rotatable bonds is 6. The van der Waals surface area contributed by atoms with Gasteiger partial charge in [0.25, 0.3) is 0 Å². The molecule has 0 fully saturated rings. The first kappa shape index (κ1) is 13.0. The fourth-order valence-corrected chi connectivity index (χ4v) is 1.93. The molecule has 2 N–H and O–H groups in total. The molecule has 1 atom stereocenters. The summed E-state index contributed by atoms with van der Waals surface area (Å²) >= 11 is 0. The first-order chi connectivity index (χ1) is 7.60. The molecule has 4 heteroatoms. The second-order valence-electron chi connectivity index (χ2n) is 4.27. The molecular weight excluding hydrogens is 202 g/mol. The van der Waals surface area contributed by atoms with Gasteiger partial charge in [0.1, 0.15) is 0 Å². The predicted octanol–water partition coefficient (Wildman–Crippen LogP) is 2.09. The van der Waals surface area contributed by atoms with E-state index in [-0.39, 0.29) is 6.61 Å². The number of nitrogens with zero attached hydrogens (tertiary/aromatic N) is 2. The summed E-state index contributed by atoms with van der Waals surface area (Å²) in [7, 11) is 0. The van der Waals surface area contributed by atoms with Crippen LogP contribution in [0.15, 0.2) is 0 Å². The lowest BCUT2D eigenvalue weighted by atomic mass is 10.1. The first-order valence-electron chi connectivity index (χ1n) is 6.01. The van der Waals surface area contributed by atoms with Crippen molar-refractivity contribution in [3.05, 3.63) is 11.4 Å². The smallest absolute Gasteiger partial charge is 0.0828 e. The van der Waals surface area contributed by atoms with Gasteiger partial charge in [0.2, 0.25) is 0 Å². The van der Waals surface area contributed by atoms with Crippen LogP contribution in [0.3, 0.4) is 0 Å². The minimum absolute atomic E-state index is 0.262. The van der Waals surface area contributed by atoms with E-state index in [4.69, 9.17) is 5.11 Å². The Labute approximate surface area is 97.7 Å². The minimum atomic E-state index is 0.262. The Balaban J connectivity index is 2.69. The molecule has 0 aliphatic rings. The van der Waals surface area contributed by atoms with Crippen LogP contribution in [0.5, 0.6) is 0 Å². The number of aliphatic hydroxyl groups is 1. The Hall–Kier alpha value is -1.03. The molecule has 0 bridgehead atoms. The zero-order valence-corrected chi connectivity index (χ0v) is 10.7. The van der Waals surface area contributed by atoms with Gasteiger partial charge in [0.15, 0.2) is 0 Å². The van der Waals surface area contributed by atoms with Crippen LogP contribution in [0.4, 0.5) is 5.69 Å². The fraction of sp³-hybridized carbons (Fsp3) is 0.750. The zero-order chi connectivity index (χ0) is 12.1. The van der Waals surface area contributed by atoms with E-state index in [2.05, 4.69) is 31.2 Å². The molecule has 1 unspecified atom stereocenters. The van der Waals surface area contributed by atoms with Gasteiger partial charge in [0.05, 0.1) is 17.1 Å². The molecule has 0 aromatic carbocycles. The maximum atomic E-state index is 8.79. The van der Waals surface area contributed by atoms with E-state index in [1.807, 2.05) is 11.6 Å². The molecule has 0 saturated heterocycles. The van der Waals surface area contributed by atoms with Crippen molar-refractivity contribution in [3.8, 4) is 0 Å². The van der Waals surface area contributed by atoms with Crippen molar-refractivity contribution in [1.82, 2.24) is 9.78 Å². The minimum Gasteiger partial charge on any atom is -0.396 e. The van der Waals surface area contributed by atoms with Crippen molar-refractivity contribution in [2.24, 2.45) is 0 Å². The molecule has 1 aromatic rings. The second-order valence-corrected chi connectivity index (χ2v) is 4.27. The van der Waals surface area contributed by atoms with Gasteiger partial charge in [0, 0.05) is 19.2 Å². The van der Waals surface area contributed by atoms with Crippen molar-refractivity contribution in [2.75, 3.05) is 11.9 Å². The molecule has 0 spiro atoms. The summed E-state index contributed by atoms with van der Waals surface area (Å²) in [5, 5.41) is 16.7. The Morgan fingerprint density at radius 2 is 2.12 bits per heavy atom. The molecular formula is C12H23N3O. The standard InChI is InChI=1S/C12H23N3O/c1-5-15-11(4)12(10(3)14-15)13-9(2)7-6-8-16/h9,13,16H,5-8H2,1-4H3. The maximum Gasteiger partial charge on any atom is 0.0828 e. The summed E-state index contributed by atoms with van der Waals surface area (Å²) in [4.78, 5) is 0. The Morgan fingerprint density at radius 3 is 2.62 bits per heavy atom. The molecule has 0 aliphatic carbocycles. The normalized spacial score (nSPS) is 12.8. The molecule has 0 aliphatic heterocycles. The summed E-state index contributed by atoms with van der Waals surface area (Å²) in [5.41, 5.74) is 3.39. The number of anilines is 1. The molecule has 1 aromatic heterocycles. The second kappa shape index (κ2) is 5.89. The maximum absolute atomic E-state index is 8.79. The number of aryl methyl sites for hydroxylation is 2. The predicted molar refractivity (Wildman–Crippen MR) is 66.8 cm³/mol. The number of hydrogen-bond donors (Lipinski definition) is 2. The van der Waals surface area contributed by atoms with E-state index >= 15 is 0 Å². The lowest BCUT2D eigenvalue weighted by Crippen LogP contribution is -2.16. The summed E-state index contributed by atoms with van der Waals surface area (Å²) < 4.78 is 2.01. The highest BCUT2D eigenvalue weighted by Gasteiger charge is 2.12. The van der Waals surface area contributed by atoms with Gasteiger partial charge in [-0.2, -0.15) is 5.10 Å². The molecule has 92 valence electrons. The van der Waals surface area contributed by atoms with Crippen molar-refractivity contribution in [1.29, 1.82) is 0 Å². The van der Waals surface area contributed by atoms with Gasteiger partial charge in [-0.3, -0.25) is 4.68 Å². The number of nitrogens with one attached hydrogen (secondary N) is 1. The fourth-order valence-electron chi connectivity index (χ4n) is 1.93. The Kier molecular flexibility index (Phi) is 4.80. The third-order valence-corrected chi connectivity index (χ3v) is 2.87. The molecule has 1 rings (SSSR count). The summed E-state index contributed by atoms with van der Waals surface area (Å²) in [6.07, 6.45) is 1.82. The summed E-state index contributed by atoms with van der Waals surface area (Å²) in [5.74, 6) is 0. The SMILES string of the molecule is CCn1nc(C)c(NC(C)CCCO)c1C. The van der Waals surface area contributed by atoms with Crippen molar-refractivity contribution in [3.63, 3.8) is 0 Å². The monoisotopic (exact) mass is 225 g/mol. The van der Waals surface area contributed by atoms with E-state index in [9.17, 15) is 0 Å². The van der Waals surface area contributed by atoms with Crippen LogP contribution < -0.4 is 5.32 Å².